The fourth-order valence-electron chi connectivity index (χ4n) is 1.66. The van der Waals surface area contributed by atoms with E-state index < -0.39 is 5.97 Å². The Balaban J connectivity index is 2.50. The van der Waals surface area contributed by atoms with Crippen molar-refractivity contribution in [1.82, 2.24) is 4.98 Å². The van der Waals surface area contributed by atoms with Gasteiger partial charge in [0.15, 0.2) is 0 Å². The first-order chi connectivity index (χ1) is 9.02. The molecule has 1 aromatic heterocycles. The van der Waals surface area contributed by atoms with Crippen molar-refractivity contribution in [2.45, 2.75) is 13.5 Å². The minimum atomic E-state index is -0.973. The van der Waals surface area contributed by atoms with E-state index in [1.807, 2.05) is 25.1 Å². The lowest BCUT2D eigenvalue weighted by Gasteiger charge is -2.01. The SMILES string of the molecule is COCc1nc(-c2ccc(C)cc2Br)sc1C(=O)O. The third-order valence-electron chi connectivity index (χ3n) is 2.53. The number of hydrogen-bond donors (Lipinski definition) is 1. The number of halogens is 1. The molecule has 1 heterocycles. The summed E-state index contributed by atoms with van der Waals surface area (Å²) in [6.45, 7) is 2.19. The quantitative estimate of drug-likeness (QED) is 0.920. The lowest BCUT2D eigenvalue weighted by Crippen LogP contribution is -1.99. The average molecular weight is 342 g/mol. The number of hydrogen-bond acceptors (Lipinski definition) is 4. The molecule has 0 radical (unpaired) electrons. The fourth-order valence-corrected chi connectivity index (χ4v) is 3.42. The van der Waals surface area contributed by atoms with Crippen LogP contribution in [0.5, 0.6) is 0 Å². The molecule has 0 aliphatic carbocycles. The second kappa shape index (κ2) is 5.81. The summed E-state index contributed by atoms with van der Waals surface area (Å²) in [6, 6.07) is 5.88. The van der Waals surface area contributed by atoms with E-state index in [9.17, 15) is 4.79 Å². The van der Waals surface area contributed by atoms with Gasteiger partial charge in [0, 0.05) is 17.1 Å². The summed E-state index contributed by atoms with van der Waals surface area (Å²) in [5.41, 5.74) is 2.48. The molecule has 0 saturated carbocycles. The first kappa shape index (κ1) is 14.2. The van der Waals surface area contributed by atoms with Crippen LogP contribution in [0.3, 0.4) is 0 Å². The van der Waals surface area contributed by atoms with Crippen molar-refractivity contribution < 1.29 is 14.6 Å². The monoisotopic (exact) mass is 341 g/mol. The van der Waals surface area contributed by atoms with Crippen LogP contribution < -0.4 is 0 Å². The summed E-state index contributed by atoms with van der Waals surface area (Å²) in [5.74, 6) is -0.973. The molecule has 0 unspecified atom stereocenters. The Labute approximate surface area is 123 Å². The molecule has 19 heavy (non-hydrogen) atoms. The minimum Gasteiger partial charge on any atom is -0.477 e. The van der Waals surface area contributed by atoms with Crippen LogP contribution in [0.4, 0.5) is 0 Å². The largest absolute Gasteiger partial charge is 0.477 e. The van der Waals surface area contributed by atoms with Crippen LogP contribution in [0.15, 0.2) is 22.7 Å². The molecule has 0 aliphatic rings. The second-order valence-corrected chi connectivity index (χ2v) is 5.87. The van der Waals surface area contributed by atoms with Gasteiger partial charge in [-0.3, -0.25) is 0 Å². The van der Waals surface area contributed by atoms with Crippen molar-refractivity contribution in [3.63, 3.8) is 0 Å². The van der Waals surface area contributed by atoms with E-state index in [2.05, 4.69) is 20.9 Å². The number of carbonyl (C=O) groups is 1. The number of aromatic nitrogens is 1. The Morgan fingerprint density at radius 2 is 2.26 bits per heavy atom. The van der Waals surface area contributed by atoms with Gasteiger partial charge in [-0.1, -0.05) is 28.1 Å². The number of benzene rings is 1. The third-order valence-corrected chi connectivity index (χ3v) is 4.30. The van der Waals surface area contributed by atoms with Crippen LogP contribution in [0, 0.1) is 6.92 Å². The van der Waals surface area contributed by atoms with Crippen molar-refractivity contribution >= 4 is 33.2 Å². The van der Waals surface area contributed by atoms with Crippen LogP contribution in [0.25, 0.3) is 10.6 Å². The van der Waals surface area contributed by atoms with E-state index in [1.54, 1.807) is 0 Å². The molecule has 2 aromatic rings. The highest BCUT2D eigenvalue weighted by Crippen LogP contribution is 2.34. The van der Waals surface area contributed by atoms with Crippen LogP contribution in [-0.2, 0) is 11.3 Å². The number of aromatic carboxylic acids is 1. The highest BCUT2D eigenvalue weighted by molar-refractivity contribution is 9.10. The molecular formula is C13H12BrNO3S. The van der Waals surface area contributed by atoms with Gasteiger partial charge in [0.1, 0.15) is 9.88 Å². The van der Waals surface area contributed by atoms with Crippen molar-refractivity contribution in [3.8, 4) is 10.6 Å². The first-order valence-electron chi connectivity index (χ1n) is 5.51. The molecule has 0 fully saturated rings. The number of methoxy groups -OCH3 is 1. The molecule has 0 amide bonds. The molecule has 0 saturated heterocycles. The highest BCUT2D eigenvalue weighted by Gasteiger charge is 2.19. The smallest absolute Gasteiger partial charge is 0.347 e. The Morgan fingerprint density at radius 3 is 2.84 bits per heavy atom. The molecule has 4 nitrogen and oxygen atoms in total. The van der Waals surface area contributed by atoms with E-state index in [-0.39, 0.29) is 11.5 Å². The van der Waals surface area contributed by atoms with Gasteiger partial charge >= 0.3 is 5.97 Å². The van der Waals surface area contributed by atoms with Crippen LogP contribution in [0.2, 0.25) is 0 Å². The van der Waals surface area contributed by atoms with Crippen LogP contribution in [-0.4, -0.2) is 23.2 Å². The molecule has 0 bridgehead atoms. The zero-order chi connectivity index (χ0) is 14.0. The van der Waals surface area contributed by atoms with Crippen molar-refractivity contribution in [2.24, 2.45) is 0 Å². The highest BCUT2D eigenvalue weighted by atomic mass is 79.9. The number of rotatable bonds is 4. The predicted molar refractivity (Wildman–Crippen MR) is 77.7 cm³/mol. The standard InChI is InChI=1S/C13H12BrNO3S/c1-7-3-4-8(9(14)5-7)12-15-10(6-18-2)11(19-12)13(16)17/h3-5H,6H2,1-2H3,(H,16,17). The van der Waals surface area contributed by atoms with Gasteiger partial charge in [-0.25, -0.2) is 9.78 Å². The van der Waals surface area contributed by atoms with Crippen molar-refractivity contribution in [2.75, 3.05) is 7.11 Å². The molecule has 1 aromatic carbocycles. The van der Waals surface area contributed by atoms with E-state index in [4.69, 9.17) is 9.84 Å². The zero-order valence-corrected chi connectivity index (χ0v) is 12.8. The maximum Gasteiger partial charge on any atom is 0.347 e. The normalized spacial score (nSPS) is 10.7. The topological polar surface area (TPSA) is 59.4 Å². The summed E-state index contributed by atoms with van der Waals surface area (Å²) >= 11 is 4.64. The van der Waals surface area contributed by atoms with Gasteiger partial charge in [-0.15, -0.1) is 11.3 Å². The molecule has 0 atom stereocenters. The Hall–Kier alpha value is -1.24. The van der Waals surface area contributed by atoms with Gasteiger partial charge in [-0.05, 0) is 18.6 Å². The summed E-state index contributed by atoms with van der Waals surface area (Å²) in [6.07, 6.45) is 0. The number of carboxylic acid groups (broad SMARTS) is 1. The molecular weight excluding hydrogens is 330 g/mol. The molecule has 0 aliphatic heterocycles. The number of carboxylic acids is 1. The third kappa shape index (κ3) is 3.02. The van der Waals surface area contributed by atoms with Gasteiger partial charge in [0.05, 0.1) is 12.3 Å². The Morgan fingerprint density at radius 1 is 1.53 bits per heavy atom. The Bertz CT molecular complexity index is 624. The summed E-state index contributed by atoms with van der Waals surface area (Å²) in [7, 11) is 1.52. The van der Waals surface area contributed by atoms with Gasteiger partial charge in [0.25, 0.3) is 0 Å². The fraction of sp³-hybridized carbons (Fsp3) is 0.231. The van der Waals surface area contributed by atoms with Crippen LogP contribution in [0.1, 0.15) is 20.9 Å². The number of aryl methyl sites for hydroxylation is 1. The average Bonchev–Trinajstić information content (AvgIpc) is 2.73. The number of ether oxygens (including phenoxy) is 1. The number of thiazole rings is 1. The van der Waals surface area contributed by atoms with E-state index >= 15 is 0 Å². The zero-order valence-electron chi connectivity index (χ0n) is 10.4. The van der Waals surface area contributed by atoms with Gasteiger partial charge in [0.2, 0.25) is 0 Å². The van der Waals surface area contributed by atoms with E-state index in [0.717, 1.165) is 26.9 Å². The second-order valence-electron chi connectivity index (χ2n) is 4.02. The first-order valence-corrected chi connectivity index (χ1v) is 7.12. The molecule has 1 N–H and O–H groups in total. The van der Waals surface area contributed by atoms with Crippen LogP contribution >= 0.6 is 27.3 Å². The maximum atomic E-state index is 11.2. The van der Waals surface area contributed by atoms with Gasteiger partial charge in [-0.2, -0.15) is 0 Å². The number of nitrogens with zero attached hydrogens (tertiary/aromatic N) is 1. The van der Waals surface area contributed by atoms with Crippen molar-refractivity contribution in [3.05, 3.63) is 38.8 Å². The maximum absolute atomic E-state index is 11.2. The summed E-state index contributed by atoms with van der Waals surface area (Å²) in [4.78, 5) is 15.8. The van der Waals surface area contributed by atoms with E-state index in [1.165, 1.54) is 7.11 Å². The lowest BCUT2D eigenvalue weighted by molar-refractivity contribution is 0.0697. The minimum absolute atomic E-state index is 0.196. The predicted octanol–water partition coefficient (Wildman–Crippen LogP) is 3.73. The molecule has 6 heteroatoms. The molecule has 100 valence electrons. The van der Waals surface area contributed by atoms with Gasteiger partial charge < -0.3 is 9.84 Å². The summed E-state index contributed by atoms with van der Waals surface area (Å²) in [5, 5.41) is 9.85. The summed E-state index contributed by atoms with van der Waals surface area (Å²) < 4.78 is 5.89. The molecule has 2 rings (SSSR count). The lowest BCUT2D eigenvalue weighted by atomic mass is 10.2. The molecule has 0 spiro atoms. The van der Waals surface area contributed by atoms with E-state index in [0.29, 0.717) is 10.7 Å². The van der Waals surface area contributed by atoms with Crippen molar-refractivity contribution in [1.29, 1.82) is 0 Å². The Kier molecular flexibility index (Phi) is 4.34.